The average molecular weight is 335 g/mol. The fraction of sp³-hybridized carbons (Fsp3) is 0.158. The number of hydrogen-bond acceptors (Lipinski definition) is 5. The van der Waals surface area contributed by atoms with Gasteiger partial charge >= 0.3 is 0 Å². The number of fused-ring (bicyclic) bond motifs is 1. The Labute approximate surface area is 144 Å². The largest absolute Gasteiger partial charge is 0.548 e. The second-order valence-electron chi connectivity index (χ2n) is 5.18. The number of imidazole rings is 1. The molecule has 0 N–H and O–H groups in total. The molecule has 0 saturated carbocycles. The number of carbonyl (C=O) groups excluding carboxylic acids is 1. The summed E-state index contributed by atoms with van der Waals surface area (Å²) in [6.07, 6.45) is 1.85. The van der Waals surface area contributed by atoms with Crippen LogP contribution < -0.4 is 9.84 Å². The van der Waals surface area contributed by atoms with Crippen LogP contribution in [0, 0.1) is 11.8 Å². The van der Waals surface area contributed by atoms with Crippen molar-refractivity contribution >= 4 is 11.6 Å². The van der Waals surface area contributed by atoms with Crippen LogP contribution in [0.4, 0.5) is 0 Å². The average Bonchev–Trinajstić information content (AvgIpc) is 2.97. The molecule has 6 nitrogen and oxygen atoms in total. The summed E-state index contributed by atoms with van der Waals surface area (Å²) in [6.45, 7) is -0.443. The van der Waals surface area contributed by atoms with Gasteiger partial charge in [-0.05, 0) is 42.3 Å². The highest BCUT2D eigenvalue weighted by atomic mass is 16.5. The molecule has 0 bridgehead atoms. The van der Waals surface area contributed by atoms with Gasteiger partial charge in [-0.25, -0.2) is 4.98 Å². The van der Waals surface area contributed by atoms with Crippen molar-refractivity contribution in [2.24, 2.45) is 0 Å². The lowest BCUT2D eigenvalue weighted by Gasteiger charge is -2.03. The molecule has 0 saturated heterocycles. The van der Waals surface area contributed by atoms with Crippen LogP contribution in [0.25, 0.3) is 5.65 Å². The Hall–Kier alpha value is -3.30. The number of pyridine rings is 1. The van der Waals surface area contributed by atoms with Gasteiger partial charge in [0.25, 0.3) is 0 Å². The van der Waals surface area contributed by atoms with E-state index < -0.39 is 12.6 Å². The normalized spacial score (nSPS) is 10.3. The van der Waals surface area contributed by atoms with Crippen LogP contribution >= 0.6 is 0 Å². The summed E-state index contributed by atoms with van der Waals surface area (Å²) in [5.74, 6) is 5.67. The molecule has 3 rings (SSSR count). The summed E-state index contributed by atoms with van der Waals surface area (Å²) < 4.78 is 12.1. The minimum atomic E-state index is -1.27. The minimum Gasteiger partial charge on any atom is -0.548 e. The summed E-state index contributed by atoms with van der Waals surface area (Å²) in [4.78, 5) is 15.0. The maximum Gasteiger partial charge on any atom is 0.138 e. The first-order valence-corrected chi connectivity index (χ1v) is 7.57. The number of rotatable bonds is 5. The first-order valence-electron chi connectivity index (χ1n) is 7.57. The second-order valence-corrected chi connectivity index (χ2v) is 5.18. The van der Waals surface area contributed by atoms with Crippen molar-refractivity contribution in [1.29, 1.82) is 0 Å². The van der Waals surface area contributed by atoms with E-state index in [0.717, 1.165) is 11.3 Å². The Morgan fingerprint density at radius 3 is 2.72 bits per heavy atom. The molecule has 126 valence electrons. The molecule has 0 amide bonds. The van der Waals surface area contributed by atoms with Gasteiger partial charge in [0.15, 0.2) is 0 Å². The maximum absolute atomic E-state index is 10.5. The third-order valence-electron chi connectivity index (χ3n) is 3.48. The Balaban J connectivity index is 1.93. The number of benzene rings is 1. The predicted molar refractivity (Wildman–Crippen MR) is 88.8 cm³/mol. The molecule has 2 aromatic heterocycles. The van der Waals surface area contributed by atoms with Crippen LogP contribution in [0.1, 0.15) is 17.0 Å². The molecule has 25 heavy (non-hydrogen) atoms. The summed E-state index contributed by atoms with van der Waals surface area (Å²) in [5.41, 5.74) is 2.78. The minimum absolute atomic E-state index is 0.0439. The van der Waals surface area contributed by atoms with Crippen molar-refractivity contribution in [2.45, 2.75) is 6.61 Å². The Kier molecular flexibility index (Phi) is 4.97. The van der Waals surface area contributed by atoms with E-state index in [9.17, 15) is 9.90 Å². The highest BCUT2D eigenvalue weighted by Gasteiger charge is 2.10. The van der Waals surface area contributed by atoms with Gasteiger partial charge in [0.2, 0.25) is 0 Å². The fourth-order valence-corrected chi connectivity index (χ4v) is 2.31. The van der Waals surface area contributed by atoms with Gasteiger partial charge in [0.05, 0.1) is 26.3 Å². The van der Waals surface area contributed by atoms with Gasteiger partial charge in [-0.3, -0.25) is 4.40 Å². The zero-order chi connectivity index (χ0) is 17.6. The summed E-state index contributed by atoms with van der Waals surface area (Å²) in [7, 11) is 1.61. The van der Waals surface area contributed by atoms with E-state index in [1.807, 2.05) is 53.1 Å². The Bertz CT molecular complexity index is 949. The van der Waals surface area contributed by atoms with Crippen LogP contribution in [0.3, 0.4) is 0 Å². The molecular weight excluding hydrogens is 320 g/mol. The van der Waals surface area contributed by atoms with Gasteiger partial charge in [-0.1, -0.05) is 12.0 Å². The van der Waals surface area contributed by atoms with Gasteiger partial charge in [-0.2, -0.15) is 0 Å². The van der Waals surface area contributed by atoms with E-state index >= 15 is 0 Å². The second kappa shape index (κ2) is 7.51. The molecule has 1 aromatic carbocycles. The fourth-order valence-electron chi connectivity index (χ4n) is 2.31. The van der Waals surface area contributed by atoms with Crippen LogP contribution in [0.5, 0.6) is 5.75 Å². The van der Waals surface area contributed by atoms with Crippen LogP contribution in [0.15, 0.2) is 48.7 Å². The molecule has 2 heterocycles. The predicted octanol–water partition coefficient (Wildman–Crippen LogP) is 1.01. The number of aromatic nitrogens is 2. The van der Waals surface area contributed by atoms with Crippen molar-refractivity contribution in [3.05, 3.63) is 65.6 Å². The molecular formula is C19H15N2O4-. The smallest absolute Gasteiger partial charge is 0.138 e. The Morgan fingerprint density at radius 1 is 1.20 bits per heavy atom. The lowest BCUT2D eigenvalue weighted by atomic mass is 10.2. The van der Waals surface area contributed by atoms with Crippen molar-refractivity contribution in [2.75, 3.05) is 13.7 Å². The highest BCUT2D eigenvalue weighted by molar-refractivity contribution is 5.65. The molecule has 0 atom stereocenters. The maximum atomic E-state index is 10.5. The molecule has 0 radical (unpaired) electrons. The molecule has 0 unspecified atom stereocenters. The molecule has 6 heteroatoms. The van der Waals surface area contributed by atoms with E-state index in [0.29, 0.717) is 17.0 Å². The number of hydrogen-bond donors (Lipinski definition) is 0. The highest BCUT2D eigenvalue weighted by Crippen LogP contribution is 2.14. The molecule has 0 aliphatic rings. The molecule has 3 aromatic rings. The standard InChI is InChI=1S/C19H16N2O4/c1-24-15-8-5-14(6-9-15)7-10-17-16(12-25-13-19(22)23)20-18-4-2-3-11-21(17)18/h2-6,8-9,11H,12-13H2,1H3,(H,22,23)/p-1. The summed E-state index contributed by atoms with van der Waals surface area (Å²) >= 11 is 0. The van der Waals surface area contributed by atoms with Crippen molar-refractivity contribution in [3.63, 3.8) is 0 Å². The van der Waals surface area contributed by atoms with Gasteiger partial charge < -0.3 is 19.4 Å². The van der Waals surface area contributed by atoms with Crippen molar-refractivity contribution in [1.82, 2.24) is 9.38 Å². The molecule has 0 aliphatic carbocycles. The van der Waals surface area contributed by atoms with E-state index in [1.54, 1.807) is 7.11 Å². The monoisotopic (exact) mass is 335 g/mol. The van der Waals surface area contributed by atoms with E-state index in [-0.39, 0.29) is 6.61 Å². The van der Waals surface area contributed by atoms with E-state index in [1.165, 1.54) is 0 Å². The van der Waals surface area contributed by atoms with Crippen molar-refractivity contribution < 1.29 is 19.4 Å². The zero-order valence-corrected chi connectivity index (χ0v) is 13.6. The van der Waals surface area contributed by atoms with Gasteiger partial charge in [0, 0.05) is 11.8 Å². The molecule has 0 aliphatic heterocycles. The summed E-state index contributed by atoms with van der Waals surface area (Å²) in [6, 6.07) is 13.0. The van der Waals surface area contributed by atoms with Crippen LogP contribution in [-0.4, -0.2) is 29.1 Å². The molecule has 0 fully saturated rings. The first-order chi connectivity index (χ1) is 12.2. The number of nitrogens with zero attached hydrogens (tertiary/aromatic N) is 2. The topological polar surface area (TPSA) is 75.9 Å². The van der Waals surface area contributed by atoms with Crippen molar-refractivity contribution in [3.8, 4) is 17.6 Å². The van der Waals surface area contributed by atoms with E-state index in [4.69, 9.17) is 9.47 Å². The number of aliphatic carboxylic acids is 1. The third-order valence-corrected chi connectivity index (χ3v) is 3.48. The lowest BCUT2D eigenvalue weighted by Crippen LogP contribution is -2.27. The molecule has 0 spiro atoms. The van der Waals surface area contributed by atoms with E-state index in [2.05, 4.69) is 16.8 Å². The zero-order valence-electron chi connectivity index (χ0n) is 13.6. The third kappa shape index (κ3) is 3.97. The van der Waals surface area contributed by atoms with Crippen LogP contribution in [0.2, 0.25) is 0 Å². The number of ether oxygens (including phenoxy) is 2. The number of carbonyl (C=O) groups is 1. The number of carboxylic acid groups (broad SMARTS) is 1. The first kappa shape index (κ1) is 16.6. The summed E-state index contributed by atoms with van der Waals surface area (Å²) in [5, 5.41) is 10.5. The Morgan fingerprint density at radius 2 is 2.00 bits per heavy atom. The van der Waals surface area contributed by atoms with Crippen LogP contribution in [-0.2, 0) is 16.1 Å². The number of methoxy groups -OCH3 is 1. The SMILES string of the molecule is COc1ccc(C#Cc2c(COCC(=O)[O-])nc3ccccn23)cc1. The number of carboxylic acids is 1. The quantitative estimate of drug-likeness (QED) is 0.651. The lowest BCUT2D eigenvalue weighted by molar-refractivity contribution is -0.309. The van der Waals surface area contributed by atoms with Gasteiger partial charge in [-0.15, -0.1) is 0 Å². The van der Waals surface area contributed by atoms with Gasteiger partial charge in [0.1, 0.15) is 22.8 Å².